The van der Waals surface area contributed by atoms with Crippen LogP contribution in [0.4, 0.5) is 0 Å². The van der Waals surface area contributed by atoms with Gasteiger partial charge in [0.05, 0.1) is 0 Å². The third-order valence-electron chi connectivity index (χ3n) is 4.66. The van der Waals surface area contributed by atoms with E-state index < -0.39 is 0 Å². The zero-order chi connectivity index (χ0) is 12.4. The van der Waals surface area contributed by atoms with Gasteiger partial charge < -0.3 is 4.90 Å². The molecule has 3 aliphatic rings. The van der Waals surface area contributed by atoms with E-state index >= 15 is 0 Å². The summed E-state index contributed by atoms with van der Waals surface area (Å²) < 4.78 is 0. The van der Waals surface area contributed by atoms with Crippen LogP contribution in [0.2, 0.25) is 0 Å². The molecule has 1 N–H and O–H groups in total. The van der Waals surface area contributed by atoms with Crippen LogP contribution in [0.3, 0.4) is 0 Å². The number of carbonyl (C=O) groups is 1. The monoisotopic (exact) mass is 262 g/mol. The maximum atomic E-state index is 12.6. The van der Waals surface area contributed by atoms with Gasteiger partial charge in [0.1, 0.15) is 11.7 Å². The van der Waals surface area contributed by atoms with Crippen LogP contribution < -0.4 is 5.32 Å². The number of carbonyl (C=O) groups excluding carboxylic acids is 1. The lowest BCUT2D eigenvalue weighted by molar-refractivity contribution is -0.131. The van der Waals surface area contributed by atoms with Crippen molar-refractivity contribution in [2.24, 2.45) is 5.41 Å². The summed E-state index contributed by atoms with van der Waals surface area (Å²) in [5, 5.41) is 7.83. The summed E-state index contributed by atoms with van der Waals surface area (Å²) in [5.74, 6) is 0.340. The molecule has 1 aliphatic heterocycles. The highest BCUT2D eigenvalue weighted by atomic mass is 32.1. The van der Waals surface area contributed by atoms with Gasteiger partial charge in [0.2, 0.25) is 5.91 Å². The van der Waals surface area contributed by atoms with Crippen molar-refractivity contribution in [1.29, 1.82) is 0 Å². The average Bonchev–Trinajstić information content (AvgIpc) is 3.19. The molecule has 3 nitrogen and oxygen atoms in total. The van der Waals surface area contributed by atoms with Crippen LogP contribution in [0.5, 0.6) is 0 Å². The number of thiophene rings is 1. The Bertz CT molecular complexity index is 488. The first-order valence-electron chi connectivity index (χ1n) is 6.73. The lowest BCUT2D eigenvalue weighted by Gasteiger charge is -2.26. The fraction of sp³-hybridized carbons (Fsp3) is 0.643. The first-order chi connectivity index (χ1) is 8.62. The molecule has 1 aromatic rings. The minimum absolute atomic E-state index is 0.115. The van der Waals surface area contributed by atoms with Crippen LogP contribution in [0.15, 0.2) is 16.8 Å². The maximum absolute atomic E-state index is 12.6. The van der Waals surface area contributed by atoms with Gasteiger partial charge in [-0.2, -0.15) is 11.3 Å². The molecule has 1 unspecified atom stereocenters. The van der Waals surface area contributed by atoms with Gasteiger partial charge in [0, 0.05) is 6.54 Å². The third kappa shape index (κ3) is 1.55. The summed E-state index contributed by atoms with van der Waals surface area (Å²) in [5.41, 5.74) is 1.44. The van der Waals surface area contributed by atoms with E-state index in [1.54, 1.807) is 11.3 Å². The minimum Gasteiger partial charge on any atom is -0.321 e. The average molecular weight is 262 g/mol. The Hall–Kier alpha value is -0.870. The highest BCUT2D eigenvalue weighted by Gasteiger charge is 2.60. The van der Waals surface area contributed by atoms with E-state index in [2.05, 4.69) is 34.0 Å². The van der Waals surface area contributed by atoms with Gasteiger partial charge in [0.15, 0.2) is 0 Å². The molecule has 4 heteroatoms. The van der Waals surface area contributed by atoms with E-state index in [0.717, 1.165) is 19.4 Å². The highest BCUT2D eigenvalue weighted by molar-refractivity contribution is 7.07. The molecule has 0 aromatic carbocycles. The lowest BCUT2D eigenvalue weighted by atomic mass is 10.1. The van der Waals surface area contributed by atoms with Gasteiger partial charge in [-0.3, -0.25) is 10.1 Å². The summed E-state index contributed by atoms with van der Waals surface area (Å²) in [6.45, 7) is 3.21. The number of amides is 1. The standard InChI is InChI=1S/C14H18N2OS/c1-13(3-4-13)9-16-11(10-2-7-18-8-10)15-14(5-6-14)12(16)17/h2,7-8,11,15H,3-6,9H2,1H3. The molecule has 0 bridgehead atoms. The summed E-state index contributed by atoms with van der Waals surface area (Å²) >= 11 is 1.71. The highest BCUT2D eigenvalue weighted by Crippen LogP contribution is 2.51. The normalized spacial score (nSPS) is 31.1. The number of nitrogens with one attached hydrogen (secondary N) is 1. The summed E-state index contributed by atoms with van der Waals surface area (Å²) in [6, 6.07) is 2.14. The van der Waals surface area contributed by atoms with Crippen molar-refractivity contribution in [3.63, 3.8) is 0 Å². The molecule has 3 fully saturated rings. The van der Waals surface area contributed by atoms with Crippen molar-refractivity contribution in [2.45, 2.75) is 44.3 Å². The molecular weight excluding hydrogens is 244 g/mol. The number of hydrogen-bond donors (Lipinski definition) is 1. The van der Waals surface area contributed by atoms with E-state index in [1.807, 2.05) is 0 Å². The molecule has 1 aromatic heterocycles. The van der Waals surface area contributed by atoms with Crippen LogP contribution >= 0.6 is 11.3 Å². The fourth-order valence-corrected chi connectivity index (χ4v) is 3.60. The molecule has 18 heavy (non-hydrogen) atoms. The molecule has 1 saturated heterocycles. The summed E-state index contributed by atoms with van der Waals surface area (Å²) in [4.78, 5) is 14.7. The summed E-state index contributed by atoms with van der Waals surface area (Å²) in [6.07, 6.45) is 4.67. The zero-order valence-electron chi connectivity index (χ0n) is 10.6. The van der Waals surface area contributed by atoms with E-state index in [0.29, 0.717) is 11.3 Å². The second kappa shape index (κ2) is 3.36. The SMILES string of the molecule is CC1(CN2C(=O)C3(CC3)NC2c2ccsc2)CC1. The number of hydrogen-bond acceptors (Lipinski definition) is 3. The van der Waals surface area contributed by atoms with Gasteiger partial charge in [-0.05, 0) is 53.5 Å². The Morgan fingerprint density at radius 1 is 1.44 bits per heavy atom. The molecule has 2 heterocycles. The van der Waals surface area contributed by atoms with Gasteiger partial charge in [-0.15, -0.1) is 0 Å². The second-order valence-corrected chi connectivity index (χ2v) is 7.21. The van der Waals surface area contributed by atoms with Crippen LogP contribution in [0.1, 0.15) is 44.3 Å². The zero-order valence-corrected chi connectivity index (χ0v) is 11.4. The Balaban J connectivity index is 1.65. The van der Waals surface area contributed by atoms with Gasteiger partial charge in [-0.25, -0.2) is 0 Å². The van der Waals surface area contributed by atoms with Crippen molar-refractivity contribution < 1.29 is 4.79 Å². The molecule has 96 valence electrons. The molecular formula is C14H18N2OS. The van der Waals surface area contributed by atoms with Crippen LogP contribution in [-0.2, 0) is 4.79 Å². The predicted molar refractivity (Wildman–Crippen MR) is 71.2 cm³/mol. The molecule has 1 amide bonds. The Labute approximate surface area is 111 Å². The van der Waals surface area contributed by atoms with Crippen molar-refractivity contribution >= 4 is 17.2 Å². The van der Waals surface area contributed by atoms with E-state index in [9.17, 15) is 4.79 Å². The minimum atomic E-state index is -0.197. The molecule has 2 saturated carbocycles. The quantitative estimate of drug-likeness (QED) is 0.908. The predicted octanol–water partition coefficient (Wildman–Crippen LogP) is 2.51. The molecule has 1 spiro atoms. The maximum Gasteiger partial charge on any atom is 0.244 e. The van der Waals surface area contributed by atoms with Crippen molar-refractivity contribution in [2.75, 3.05) is 6.54 Å². The topological polar surface area (TPSA) is 32.3 Å². The van der Waals surface area contributed by atoms with E-state index in [4.69, 9.17) is 0 Å². The van der Waals surface area contributed by atoms with Gasteiger partial charge in [0.25, 0.3) is 0 Å². The van der Waals surface area contributed by atoms with Crippen molar-refractivity contribution in [1.82, 2.24) is 10.2 Å². The molecule has 2 aliphatic carbocycles. The molecule has 4 rings (SSSR count). The first kappa shape index (κ1) is 11.0. The van der Waals surface area contributed by atoms with Crippen LogP contribution in [0, 0.1) is 5.41 Å². The van der Waals surface area contributed by atoms with Crippen molar-refractivity contribution in [3.8, 4) is 0 Å². The number of nitrogens with zero attached hydrogens (tertiary/aromatic N) is 1. The largest absolute Gasteiger partial charge is 0.321 e. The molecule has 1 atom stereocenters. The van der Waals surface area contributed by atoms with Crippen LogP contribution in [-0.4, -0.2) is 22.9 Å². The second-order valence-electron chi connectivity index (χ2n) is 6.43. The number of rotatable bonds is 3. The van der Waals surface area contributed by atoms with E-state index in [-0.39, 0.29) is 11.7 Å². The van der Waals surface area contributed by atoms with Gasteiger partial charge in [-0.1, -0.05) is 6.92 Å². The van der Waals surface area contributed by atoms with Crippen molar-refractivity contribution in [3.05, 3.63) is 22.4 Å². The first-order valence-corrected chi connectivity index (χ1v) is 7.67. The van der Waals surface area contributed by atoms with Crippen LogP contribution in [0.25, 0.3) is 0 Å². The Morgan fingerprint density at radius 2 is 2.22 bits per heavy atom. The smallest absolute Gasteiger partial charge is 0.244 e. The lowest BCUT2D eigenvalue weighted by Crippen LogP contribution is -2.35. The summed E-state index contributed by atoms with van der Waals surface area (Å²) in [7, 11) is 0. The Kier molecular flexibility index (Phi) is 2.06. The van der Waals surface area contributed by atoms with E-state index in [1.165, 1.54) is 18.4 Å². The third-order valence-corrected chi connectivity index (χ3v) is 5.36. The molecule has 0 radical (unpaired) electrons. The fourth-order valence-electron chi connectivity index (χ4n) is 2.92. The van der Waals surface area contributed by atoms with Gasteiger partial charge >= 0.3 is 0 Å². The Morgan fingerprint density at radius 3 is 2.78 bits per heavy atom.